The molecule has 0 bridgehead atoms. The molecule has 2 unspecified atom stereocenters. The Labute approximate surface area is 183 Å². The molecule has 9 heteroatoms. The molecule has 2 atom stereocenters. The Balaban J connectivity index is 0.000000232. The molecule has 2 aliphatic heterocycles. The van der Waals surface area contributed by atoms with Gasteiger partial charge in [-0.1, -0.05) is 6.07 Å². The Hall–Kier alpha value is -2.33. The largest absolute Gasteiger partial charge is 0.483 e. The molecule has 5 N–H and O–H groups in total. The molecule has 3 heterocycles. The number of carboxylic acid groups (broad SMARTS) is 1. The second-order valence-corrected chi connectivity index (χ2v) is 7.29. The first-order valence-electron chi connectivity index (χ1n) is 10.5. The standard InChI is InChI=1S/C10H8FNO.C7H16N2.C4H9NO.CH2O2/c1-7-2-3-8(9(11)4-7)10-5-12-6-13-10;1-8-6-4-7-3-2-5-9-7;6-4-1-2-5-3-4;2-1-3/h2-6H,1H3;7-9H,2-6H2,1H3;4-6H,1-3H2;1H,(H,2,3). The predicted molar refractivity (Wildman–Crippen MR) is 118 cm³/mol. The van der Waals surface area contributed by atoms with Crippen LogP contribution in [0.15, 0.2) is 35.2 Å². The fourth-order valence-electron chi connectivity index (χ4n) is 3.13. The summed E-state index contributed by atoms with van der Waals surface area (Å²) >= 11 is 0. The number of benzene rings is 1. The van der Waals surface area contributed by atoms with Crippen molar-refractivity contribution in [3.8, 4) is 11.3 Å². The summed E-state index contributed by atoms with van der Waals surface area (Å²) in [5, 5.41) is 25.2. The number of aromatic nitrogens is 1. The third kappa shape index (κ3) is 11.6. The van der Waals surface area contributed by atoms with E-state index in [9.17, 15) is 4.39 Å². The number of β-amino-alcohol motifs (C(OH)–C–C–N with tert-alkyl or cyclic N) is 1. The summed E-state index contributed by atoms with van der Waals surface area (Å²) in [6, 6.07) is 5.79. The van der Waals surface area contributed by atoms with Gasteiger partial charge in [-0.05, 0) is 77.0 Å². The van der Waals surface area contributed by atoms with E-state index in [1.807, 2.05) is 20.0 Å². The van der Waals surface area contributed by atoms with E-state index in [2.05, 4.69) is 20.9 Å². The molecule has 0 spiro atoms. The Morgan fingerprint density at radius 1 is 1.35 bits per heavy atom. The van der Waals surface area contributed by atoms with Crippen molar-refractivity contribution in [3.63, 3.8) is 0 Å². The minimum atomic E-state index is -0.281. The van der Waals surface area contributed by atoms with Crippen LogP contribution in [0.3, 0.4) is 0 Å². The lowest BCUT2D eigenvalue weighted by molar-refractivity contribution is -0.122. The van der Waals surface area contributed by atoms with Crippen LogP contribution in [-0.4, -0.2) is 67.0 Å². The normalized spacial score (nSPS) is 19.2. The van der Waals surface area contributed by atoms with Crippen molar-refractivity contribution < 1.29 is 23.8 Å². The number of nitrogens with one attached hydrogen (secondary N) is 3. The van der Waals surface area contributed by atoms with E-state index in [4.69, 9.17) is 19.4 Å². The highest BCUT2D eigenvalue weighted by atomic mass is 19.1. The topological polar surface area (TPSA) is 120 Å². The average Bonchev–Trinajstić information content (AvgIpc) is 3.52. The molecule has 2 fully saturated rings. The van der Waals surface area contributed by atoms with E-state index in [1.165, 1.54) is 44.5 Å². The van der Waals surface area contributed by atoms with Crippen molar-refractivity contribution in [1.29, 1.82) is 0 Å². The van der Waals surface area contributed by atoms with Gasteiger partial charge in [-0.2, -0.15) is 0 Å². The molecule has 2 aromatic rings. The van der Waals surface area contributed by atoms with Crippen molar-refractivity contribution in [1.82, 2.24) is 20.9 Å². The van der Waals surface area contributed by atoms with Crippen molar-refractivity contribution in [2.45, 2.75) is 44.8 Å². The lowest BCUT2D eigenvalue weighted by Gasteiger charge is -2.07. The maximum absolute atomic E-state index is 13.3. The fourth-order valence-corrected chi connectivity index (χ4v) is 3.13. The molecular formula is C22H35FN4O4. The predicted octanol–water partition coefficient (Wildman–Crippen LogP) is 2.18. The van der Waals surface area contributed by atoms with E-state index in [0.717, 1.165) is 37.7 Å². The van der Waals surface area contributed by atoms with Gasteiger partial charge in [0.15, 0.2) is 12.2 Å². The van der Waals surface area contributed by atoms with Gasteiger partial charge >= 0.3 is 0 Å². The molecule has 2 aliphatic rings. The second kappa shape index (κ2) is 16.4. The third-order valence-corrected chi connectivity index (χ3v) is 4.76. The van der Waals surface area contributed by atoms with Crippen LogP contribution in [0, 0.1) is 12.7 Å². The number of carbonyl (C=O) groups is 1. The third-order valence-electron chi connectivity index (χ3n) is 4.76. The molecule has 174 valence electrons. The number of oxazole rings is 1. The highest BCUT2D eigenvalue weighted by Crippen LogP contribution is 2.22. The molecular weight excluding hydrogens is 403 g/mol. The summed E-state index contributed by atoms with van der Waals surface area (Å²) < 4.78 is 18.3. The molecule has 0 amide bonds. The zero-order valence-corrected chi connectivity index (χ0v) is 18.3. The summed E-state index contributed by atoms with van der Waals surface area (Å²) in [5.41, 5.74) is 1.34. The first-order chi connectivity index (χ1) is 15.0. The molecule has 4 rings (SSSR count). The quantitative estimate of drug-likeness (QED) is 0.461. The average molecular weight is 439 g/mol. The Morgan fingerprint density at radius 2 is 2.13 bits per heavy atom. The number of halogens is 1. The number of aliphatic hydroxyl groups excluding tert-OH is 1. The summed E-state index contributed by atoms with van der Waals surface area (Å²) in [6.07, 6.45) is 7.68. The summed E-state index contributed by atoms with van der Waals surface area (Å²) in [4.78, 5) is 12.1. The number of aryl methyl sites for hydroxylation is 1. The van der Waals surface area contributed by atoms with Crippen molar-refractivity contribution >= 4 is 6.47 Å². The molecule has 8 nitrogen and oxygen atoms in total. The lowest BCUT2D eigenvalue weighted by atomic mass is 10.1. The molecule has 0 aliphatic carbocycles. The van der Waals surface area contributed by atoms with E-state index in [0.29, 0.717) is 11.3 Å². The zero-order chi connectivity index (χ0) is 22.9. The van der Waals surface area contributed by atoms with E-state index < -0.39 is 0 Å². The molecule has 0 radical (unpaired) electrons. The van der Waals surface area contributed by atoms with Crippen LogP contribution >= 0.6 is 0 Å². The van der Waals surface area contributed by atoms with Crippen molar-refractivity contribution in [3.05, 3.63) is 42.2 Å². The summed E-state index contributed by atoms with van der Waals surface area (Å²) in [5.74, 6) is 0.175. The minimum absolute atomic E-state index is 0.0648. The monoisotopic (exact) mass is 438 g/mol. The van der Waals surface area contributed by atoms with Crippen molar-refractivity contribution in [2.75, 3.05) is 33.2 Å². The van der Waals surface area contributed by atoms with Crippen LogP contribution in [0.25, 0.3) is 11.3 Å². The van der Waals surface area contributed by atoms with Crippen LogP contribution < -0.4 is 16.0 Å². The minimum Gasteiger partial charge on any atom is -0.483 e. The van der Waals surface area contributed by atoms with Crippen LogP contribution in [0.1, 0.15) is 31.2 Å². The van der Waals surface area contributed by atoms with Crippen LogP contribution in [-0.2, 0) is 4.79 Å². The second-order valence-electron chi connectivity index (χ2n) is 7.29. The van der Waals surface area contributed by atoms with Gasteiger partial charge in [0, 0.05) is 12.6 Å². The Bertz CT molecular complexity index is 704. The van der Waals surface area contributed by atoms with Gasteiger partial charge in [0.2, 0.25) is 0 Å². The smallest absolute Gasteiger partial charge is 0.290 e. The zero-order valence-electron chi connectivity index (χ0n) is 18.3. The molecule has 31 heavy (non-hydrogen) atoms. The summed E-state index contributed by atoms with van der Waals surface area (Å²) in [6.45, 7) is 5.75. The van der Waals surface area contributed by atoms with Crippen LogP contribution in [0.5, 0.6) is 0 Å². The molecule has 2 saturated heterocycles. The van der Waals surface area contributed by atoms with Gasteiger partial charge in [-0.3, -0.25) is 4.79 Å². The number of hydrogen-bond donors (Lipinski definition) is 5. The number of rotatable bonds is 4. The summed E-state index contributed by atoms with van der Waals surface area (Å²) in [7, 11) is 2.01. The molecule has 1 aromatic heterocycles. The van der Waals surface area contributed by atoms with Crippen LogP contribution in [0.4, 0.5) is 4.39 Å². The number of nitrogens with zero attached hydrogens (tertiary/aromatic N) is 1. The van der Waals surface area contributed by atoms with E-state index >= 15 is 0 Å². The van der Waals surface area contributed by atoms with Gasteiger partial charge in [0.1, 0.15) is 5.82 Å². The maximum atomic E-state index is 13.3. The van der Waals surface area contributed by atoms with Gasteiger partial charge in [0.25, 0.3) is 6.47 Å². The van der Waals surface area contributed by atoms with Crippen LogP contribution in [0.2, 0.25) is 0 Å². The number of hydrogen-bond acceptors (Lipinski definition) is 7. The van der Waals surface area contributed by atoms with Gasteiger partial charge < -0.3 is 30.6 Å². The first-order valence-corrected chi connectivity index (χ1v) is 10.5. The lowest BCUT2D eigenvalue weighted by Crippen LogP contribution is -2.25. The Kier molecular flexibility index (Phi) is 14.1. The van der Waals surface area contributed by atoms with Gasteiger partial charge in [0.05, 0.1) is 17.9 Å². The van der Waals surface area contributed by atoms with E-state index in [1.54, 1.807) is 6.07 Å². The number of aliphatic hydroxyl groups is 1. The van der Waals surface area contributed by atoms with Crippen molar-refractivity contribution in [2.24, 2.45) is 0 Å². The first kappa shape index (κ1) is 26.7. The van der Waals surface area contributed by atoms with Gasteiger partial charge in [-0.25, -0.2) is 9.37 Å². The molecule has 1 aromatic carbocycles. The Morgan fingerprint density at radius 3 is 2.58 bits per heavy atom. The highest BCUT2D eigenvalue weighted by molar-refractivity contribution is 5.57. The molecule has 0 saturated carbocycles. The SMILES string of the molecule is CNCCC1CCCN1.Cc1ccc(-c2cnco2)c(F)c1.O=CO.OC1CCNC1. The fraction of sp³-hybridized carbons (Fsp3) is 0.545. The highest BCUT2D eigenvalue weighted by Gasteiger charge is 2.12. The maximum Gasteiger partial charge on any atom is 0.290 e. The van der Waals surface area contributed by atoms with Gasteiger partial charge in [-0.15, -0.1) is 0 Å². The van der Waals surface area contributed by atoms with E-state index in [-0.39, 0.29) is 18.4 Å².